The summed E-state index contributed by atoms with van der Waals surface area (Å²) in [6.45, 7) is 2.52. The van der Waals surface area contributed by atoms with Crippen LogP contribution in [0.25, 0.3) is 10.8 Å². The van der Waals surface area contributed by atoms with Crippen LogP contribution in [-0.4, -0.2) is 18.1 Å². The Labute approximate surface area is 88.1 Å². The summed E-state index contributed by atoms with van der Waals surface area (Å²) in [4.78, 5) is 4.12. The van der Waals surface area contributed by atoms with Crippen molar-refractivity contribution in [3.8, 4) is 5.75 Å². The molecule has 0 unspecified atom stereocenters. The van der Waals surface area contributed by atoms with Crippen LogP contribution in [0, 0.1) is 0 Å². The first-order valence-corrected chi connectivity index (χ1v) is 5.14. The molecular weight excluding hydrogens is 188 g/mol. The average Bonchev–Trinajstić information content (AvgIpc) is 2.50. The van der Waals surface area contributed by atoms with Crippen LogP contribution >= 0.6 is 0 Å². The lowest BCUT2D eigenvalue weighted by Gasteiger charge is -2.07. The molecule has 2 aromatic rings. The number of pyridine rings is 1. The van der Waals surface area contributed by atoms with Gasteiger partial charge >= 0.3 is 0 Å². The van der Waals surface area contributed by atoms with Gasteiger partial charge in [0.25, 0.3) is 0 Å². The molecule has 3 nitrogen and oxygen atoms in total. The predicted molar refractivity (Wildman–Crippen MR) is 58.9 cm³/mol. The topological polar surface area (TPSA) is 34.2 Å². The third-order valence-electron chi connectivity index (χ3n) is 2.67. The first-order valence-electron chi connectivity index (χ1n) is 5.14. The lowest BCUT2D eigenvalue weighted by atomic mass is 10.1. The van der Waals surface area contributed by atoms with E-state index in [9.17, 15) is 0 Å². The zero-order valence-corrected chi connectivity index (χ0v) is 8.36. The maximum Gasteiger partial charge on any atom is 0.124 e. The molecule has 0 saturated heterocycles. The van der Waals surface area contributed by atoms with Gasteiger partial charge in [0.2, 0.25) is 0 Å². The second-order valence-corrected chi connectivity index (χ2v) is 3.71. The summed E-state index contributed by atoms with van der Waals surface area (Å²) in [5, 5.41) is 5.68. The largest absolute Gasteiger partial charge is 0.492 e. The lowest BCUT2D eigenvalue weighted by molar-refractivity contribution is 0.326. The molecule has 0 fully saturated rings. The zero-order valence-electron chi connectivity index (χ0n) is 8.36. The summed E-state index contributed by atoms with van der Waals surface area (Å²) in [6.07, 6.45) is 3.70. The minimum atomic E-state index is 0.740. The van der Waals surface area contributed by atoms with E-state index in [-0.39, 0.29) is 0 Å². The molecule has 1 aromatic carbocycles. The molecule has 0 saturated carbocycles. The molecule has 3 heteroatoms. The fourth-order valence-corrected chi connectivity index (χ4v) is 1.89. The average molecular weight is 200 g/mol. The third kappa shape index (κ3) is 1.55. The number of rotatable bonds is 0. The molecule has 1 aromatic heterocycles. The second kappa shape index (κ2) is 3.51. The van der Waals surface area contributed by atoms with Gasteiger partial charge in [-0.25, -0.2) is 0 Å². The van der Waals surface area contributed by atoms with E-state index in [0.717, 1.165) is 25.4 Å². The van der Waals surface area contributed by atoms with Crippen molar-refractivity contribution in [2.75, 3.05) is 13.2 Å². The van der Waals surface area contributed by atoms with Gasteiger partial charge in [0, 0.05) is 36.4 Å². The summed E-state index contributed by atoms with van der Waals surface area (Å²) in [6, 6.07) is 6.26. The standard InChI is InChI=1S/C12H12N2O/c1-2-13-7-10-5-11-8-14-3-4-15-12(11)6-9(1)10/h1-2,5-7,14H,3-4,8H2. The van der Waals surface area contributed by atoms with E-state index >= 15 is 0 Å². The number of ether oxygens (including phenoxy) is 1. The van der Waals surface area contributed by atoms with E-state index in [1.165, 1.54) is 16.3 Å². The van der Waals surface area contributed by atoms with Crippen LogP contribution in [0.2, 0.25) is 0 Å². The first-order chi connectivity index (χ1) is 7.43. The number of aromatic nitrogens is 1. The lowest BCUT2D eigenvalue weighted by Crippen LogP contribution is -2.16. The highest BCUT2D eigenvalue weighted by Gasteiger charge is 2.09. The Morgan fingerprint density at radius 3 is 3.27 bits per heavy atom. The third-order valence-corrected chi connectivity index (χ3v) is 2.67. The highest BCUT2D eigenvalue weighted by Crippen LogP contribution is 2.26. The van der Waals surface area contributed by atoms with Crippen molar-refractivity contribution in [3.63, 3.8) is 0 Å². The molecular formula is C12H12N2O. The van der Waals surface area contributed by atoms with Crippen molar-refractivity contribution < 1.29 is 4.74 Å². The number of nitrogens with one attached hydrogen (secondary N) is 1. The molecule has 3 rings (SSSR count). The van der Waals surface area contributed by atoms with Crippen LogP contribution in [0.3, 0.4) is 0 Å². The van der Waals surface area contributed by atoms with Crippen molar-refractivity contribution in [2.45, 2.75) is 6.54 Å². The minimum Gasteiger partial charge on any atom is -0.492 e. The Morgan fingerprint density at radius 1 is 1.27 bits per heavy atom. The van der Waals surface area contributed by atoms with Gasteiger partial charge in [0.15, 0.2) is 0 Å². The summed E-state index contributed by atoms with van der Waals surface area (Å²) < 4.78 is 5.67. The van der Waals surface area contributed by atoms with Gasteiger partial charge in [0.05, 0.1) is 0 Å². The van der Waals surface area contributed by atoms with Gasteiger partial charge in [-0.05, 0) is 23.6 Å². The Bertz CT molecular complexity index is 451. The fraction of sp³-hybridized carbons (Fsp3) is 0.250. The maximum atomic E-state index is 5.67. The van der Waals surface area contributed by atoms with Crippen molar-refractivity contribution in [2.24, 2.45) is 0 Å². The molecule has 0 atom stereocenters. The smallest absolute Gasteiger partial charge is 0.124 e. The van der Waals surface area contributed by atoms with E-state index in [4.69, 9.17) is 4.74 Å². The van der Waals surface area contributed by atoms with E-state index < -0.39 is 0 Å². The highest BCUT2D eigenvalue weighted by atomic mass is 16.5. The number of hydrogen-bond acceptors (Lipinski definition) is 3. The monoisotopic (exact) mass is 200 g/mol. The molecule has 2 heterocycles. The first kappa shape index (κ1) is 8.68. The van der Waals surface area contributed by atoms with Crippen molar-refractivity contribution in [1.82, 2.24) is 10.3 Å². The normalized spacial score (nSPS) is 15.5. The van der Waals surface area contributed by atoms with Gasteiger partial charge in [-0.15, -0.1) is 0 Å². The Balaban J connectivity index is 2.20. The van der Waals surface area contributed by atoms with Crippen LogP contribution in [0.4, 0.5) is 0 Å². The molecule has 15 heavy (non-hydrogen) atoms. The SMILES string of the molecule is c1cc2cc3c(cc2cn1)CNCCO3. The minimum absolute atomic E-state index is 0.740. The van der Waals surface area contributed by atoms with E-state index in [1.54, 1.807) is 0 Å². The molecule has 0 aliphatic carbocycles. The maximum absolute atomic E-state index is 5.67. The molecule has 0 radical (unpaired) electrons. The van der Waals surface area contributed by atoms with E-state index in [2.05, 4.69) is 22.4 Å². The quantitative estimate of drug-likeness (QED) is 0.703. The van der Waals surface area contributed by atoms with Crippen molar-refractivity contribution >= 4 is 10.8 Å². The van der Waals surface area contributed by atoms with Crippen LogP contribution in [0.5, 0.6) is 5.75 Å². The molecule has 1 N–H and O–H groups in total. The van der Waals surface area contributed by atoms with Gasteiger partial charge in [-0.2, -0.15) is 0 Å². The van der Waals surface area contributed by atoms with Crippen LogP contribution in [0.15, 0.2) is 30.6 Å². The summed E-state index contributed by atoms with van der Waals surface area (Å²) in [5.74, 6) is 0.999. The van der Waals surface area contributed by atoms with Crippen molar-refractivity contribution in [1.29, 1.82) is 0 Å². The zero-order chi connectivity index (χ0) is 10.1. The molecule has 1 aliphatic heterocycles. The molecule has 0 spiro atoms. The Morgan fingerprint density at radius 2 is 2.27 bits per heavy atom. The van der Waals surface area contributed by atoms with Crippen LogP contribution < -0.4 is 10.1 Å². The molecule has 0 bridgehead atoms. The second-order valence-electron chi connectivity index (χ2n) is 3.71. The van der Waals surface area contributed by atoms with Crippen LogP contribution in [-0.2, 0) is 6.54 Å². The molecule has 0 amide bonds. The van der Waals surface area contributed by atoms with Gasteiger partial charge in [0.1, 0.15) is 12.4 Å². The predicted octanol–water partition coefficient (Wildman–Crippen LogP) is 1.72. The fourth-order valence-electron chi connectivity index (χ4n) is 1.89. The molecule has 76 valence electrons. The summed E-state index contributed by atoms with van der Waals surface area (Å²) in [7, 11) is 0. The number of benzene rings is 1. The Kier molecular flexibility index (Phi) is 2.03. The Hall–Kier alpha value is -1.61. The number of hydrogen-bond donors (Lipinski definition) is 1. The van der Waals surface area contributed by atoms with Gasteiger partial charge in [-0.1, -0.05) is 0 Å². The van der Waals surface area contributed by atoms with Crippen molar-refractivity contribution in [3.05, 3.63) is 36.2 Å². The van der Waals surface area contributed by atoms with Gasteiger partial charge < -0.3 is 10.1 Å². The molecule has 1 aliphatic rings. The van der Waals surface area contributed by atoms with Gasteiger partial charge in [-0.3, -0.25) is 4.98 Å². The summed E-state index contributed by atoms with van der Waals surface area (Å²) >= 11 is 0. The van der Waals surface area contributed by atoms with E-state index in [1.807, 2.05) is 18.5 Å². The highest BCUT2D eigenvalue weighted by molar-refractivity contribution is 5.84. The van der Waals surface area contributed by atoms with E-state index in [0.29, 0.717) is 0 Å². The summed E-state index contributed by atoms with van der Waals surface area (Å²) in [5.41, 5.74) is 1.22. The number of nitrogens with zero attached hydrogens (tertiary/aromatic N) is 1. The number of fused-ring (bicyclic) bond motifs is 2. The van der Waals surface area contributed by atoms with Crippen LogP contribution in [0.1, 0.15) is 5.56 Å².